The summed E-state index contributed by atoms with van der Waals surface area (Å²) in [5.74, 6) is 0. The molecule has 2 aromatic rings. The molecule has 0 unspecified atom stereocenters. The summed E-state index contributed by atoms with van der Waals surface area (Å²) in [6, 6.07) is 12.0. The van der Waals surface area contributed by atoms with E-state index >= 15 is 0 Å². The highest BCUT2D eigenvalue weighted by atomic mass is 16.5. The fraction of sp³-hybridized carbons (Fsp3) is 0.0909. The molecule has 0 heterocycles. The maximum absolute atomic E-state index is 8.97. The molecule has 2 aromatic carbocycles. The number of hydrogen-bond donors (Lipinski definition) is 2. The molecule has 0 saturated carbocycles. The molecule has 0 fully saturated rings. The Morgan fingerprint density at radius 1 is 1.08 bits per heavy atom. The summed E-state index contributed by atoms with van der Waals surface area (Å²) in [6.07, 6.45) is 0. The summed E-state index contributed by atoms with van der Waals surface area (Å²) in [7, 11) is 0. The Hall–Kier alpha value is -1.54. The Morgan fingerprint density at radius 3 is 2.62 bits per heavy atom. The summed E-state index contributed by atoms with van der Waals surface area (Å²) in [4.78, 5) is 0. The zero-order chi connectivity index (χ0) is 9.26. The molecule has 0 bridgehead atoms. The van der Waals surface area contributed by atoms with Crippen LogP contribution < -0.4 is 5.48 Å². The van der Waals surface area contributed by atoms with Crippen molar-refractivity contribution < 1.29 is 5.21 Å². The molecule has 0 amide bonds. The van der Waals surface area contributed by atoms with Crippen molar-refractivity contribution in [2.24, 2.45) is 0 Å². The minimum absolute atomic E-state index is 0.790. The van der Waals surface area contributed by atoms with Crippen LogP contribution in [0.15, 0.2) is 36.4 Å². The van der Waals surface area contributed by atoms with Crippen LogP contribution in [0.1, 0.15) is 5.56 Å². The van der Waals surface area contributed by atoms with Gasteiger partial charge in [0.05, 0.1) is 5.69 Å². The Balaban J connectivity index is 2.84. The highest BCUT2D eigenvalue weighted by molar-refractivity contribution is 5.94. The average molecular weight is 173 g/mol. The number of anilines is 1. The first-order chi connectivity index (χ1) is 6.33. The first-order valence-corrected chi connectivity index (χ1v) is 4.21. The van der Waals surface area contributed by atoms with E-state index in [1.807, 2.05) is 43.3 Å². The van der Waals surface area contributed by atoms with Crippen molar-refractivity contribution in [1.29, 1.82) is 0 Å². The van der Waals surface area contributed by atoms with Gasteiger partial charge >= 0.3 is 0 Å². The average Bonchev–Trinajstić information content (AvgIpc) is 2.18. The molecule has 2 N–H and O–H groups in total. The van der Waals surface area contributed by atoms with Crippen molar-refractivity contribution in [2.75, 3.05) is 5.48 Å². The van der Waals surface area contributed by atoms with Crippen LogP contribution in [-0.4, -0.2) is 5.21 Å². The van der Waals surface area contributed by atoms with Gasteiger partial charge in [0.2, 0.25) is 0 Å². The van der Waals surface area contributed by atoms with Crippen LogP contribution in [0.4, 0.5) is 5.69 Å². The summed E-state index contributed by atoms with van der Waals surface area (Å²) in [6.45, 7) is 1.96. The van der Waals surface area contributed by atoms with E-state index in [1.54, 1.807) is 0 Å². The third-order valence-electron chi connectivity index (χ3n) is 2.25. The topological polar surface area (TPSA) is 32.3 Å². The molecule has 13 heavy (non-hydrogen) atoms. The molecule has 0 atom stereocenters. The fourth-order valence-electron chi connectivity index (χ4n) is 1.53. The van der Waals surface area contributed by atoms with Crippen LogP contribution in [0.2, 0.25) is 0 Å². The number of hydrogen-bond acceptors (Lipinski definition) is 2. The lowest BCUT2D eigenvalue weighted by molar-refractivity contribution is 0.389. The Kier molecular flexibility index (Phi) is 1.91. The molecule has 0 aliphatic heterocycles. The molecule has 0 spiro atoms. The maximum atomic E-state index is 8.97. The van der Waals surface area contributed by atoms with Crippen molar-refractivity contribution in [2.45, 2.75) is 6.92 Å². The lowest BCUT2D eigenvalue weighted by Gasteiger charge is -2.07. The van der Waals surface area contributed by atoms with Gasteiger partial charge in [-0.2, -0.15) is 0 Å². The molecule has 0 aromatic heterocycles. The third-order valence-corrected chi connectivity index (χ3v) is 2.25. The Bertz CT molecular complexity index is 437. The van der Waals surface area contributed by atoms with Crippen LogP contribution in [0.5, 0.6) is 0 Å². The minimum Gasteiger partial charge on any atom is -0.291 e. The predicted octanol–water partition coefficient (Wildman–Crippen LogP) is 2.95. The summed E-state index contributed by atoms with van der Waals surface area (Å²) in [5, 5.41) is 11.1. The normalized spacial score (nSPS) is 10.3. The summed E-state index contributed by atoms with van der Waals surface area (Å²) in [5.41, 5.74) is 4.07. The lowest BCUT2D eigenvalue weighted by Crippen LogP contribution is -1.93. The number of benzene rings is 2. The van der Waals surface area contributed by atoms with Gasteiger partial charge in [0.15, 0.2) is 0 Å². The molecule has 0 aliphatic rings. The molecule has 2 heteroatoms. The highest BCUT2D eigenvalue weighted by Gasteiger charge is 2.01. The fourth-order valence-corrected chi connectivity index (χ4v) is 1.53. The Labute approximate surface area is 76.8 Å². The third kappa shape index (κ3) is 1.25. The SMILES string of the molecule is Cc1ccc2ccccc2c1NO. The number of fused-ring (bicyclic) bond motifs is 1. The van der Waals surface area contributed by atoms with Crippen LogP contribution in [0.25, 0.3) is 10.8 Å². The first-order valence-electron chi connectivity index (χ1n) is 4.21. The van der Waals surface area contributed by atoms with Crippen LogP contribution >= 0.6 is 0 Å². The van der Waals surface area contributed by atoms with Crippen LogP contribution in [-0.2, 0) is 0 Å². The van der Waals surface area contributed by atoms with Crippen molar-refractivity contribution in [3.63, 3.8) is 0 Å². The summed E-state index contributed by atoms with van der Waals surface area (Å²) >= 11 is 0. The van der Waals surface area contributed by atoms with Crippen molar-refractivity contribution in [1.82, 2.24) is 0 Å². The zero-order valence-electron chi connectivity index (χ0n) is 7.41. The smallest absolute Gasteiger partial charge is 0.0709 e. The van der Waals surface area contributed by atoms with Crippen LogP contribution in [0.3, 0.4) is 0 Å². The molecular formula is C11H11NO. The van der Waals surface area contributed by atoms with E-state index in [0.717, 1.165) is 22.0 Å². The van der Waals surface area contributed by atoms with E-state index in [-0.39, 0.29) is 0 Å². The van der Waals surface area contributed by atoms with Crippen LogP contribution in [0, 0.1) is 6.92 Å². The largest absolute Gasteiger partial charge is 0.291 e. The molecule has 66 valence electrons. The van der Waals surface area contributed by atoms with Gasteiger partial charge in [-0.1, -0.05) is 36.4 Å². The van der Waals surface area contributed by atoms with Crippen molar-refractivity contribution in [3.8, 4) is 0 Å². The van der Waals surface area contributed by atoms with Gasteiger partial charge in [-0.15, -0.1) is 0 Å². The molecule has 2 rings (SSSR count). The second-order valence-corrected chi connectivity index (χ2v) is 3.09. The molecule has 0 aliphatic carbocycles. The van der Waals surface area contributed by atoms with E-state index in [0.29, 0.717) is 0 Å². The van der Waals surface area contributed by atoms with Gasteiger partial charge in [-0.05, 0) is 17.9 Å². The van der Waals surface area contributed by atoms with E-state index in [1.165, 1.54) is 0 Å². The number of nitrogens with one attached hydrogen (secondary N) is 1. The number of rotatable bonds is 1. The van der Waals surface area contributed by atoms with E-state index in [9.17, 15) is 0 Å². The van der Waals surface area contributed by atoms with Gasteiger partial charge in [-0.25, -0.2) is 0 Å². The molecule has 0 radical (unpaired) electrons. The Morgan fingerprint density at radius 2 is 1.85 bits per heavy atom. The van der Waals surface area contributed by atoms with E-state index in [2.05, 4.69) is 5.48 Å². The molecule has 2 nitrogen and oxygen atoms in total. The quantitative estimate of drug-likeness (QED) is 0.650. The second kappa shape index (κ2) is 3.07. The van der Waals surface area contributed by atoms with E-state index < -0.39 is 0 Å². The van der Waals surface area contributed by atoms with Crippen molar-refractivity contribution >= 4 is 16.5 Å². The van der Waals surface area contributed by atoms with Gasteiger partial charge < -0.3 is 0 Å². The van der Waals surface area contributed by atoms with Gasteiger partial charge in [-0.3, -0.25) is 10.7 Å². The van der Waals surface area contributed by atoms with Crippen molar-refractivity contribution in [3.05, 3.63) is 42.0 Å². The summed E-state index contributed by atoms with van der Waals surface area (Å²) < 4.78 is 0. The molecule has 0 saturated heterocycles. The van der Waals surface area contributed by atoms with E-state index in [4.69, 9.17) is 5.21 Å². The minimum atomic E-state index is 0.790. The standard InChI is InChI=1S/C11H11NO/c1-8-6-7-9-4-2-3-5-10(9)11(8)12-13/h2-7,12-13H,1H3. The maximum Gasteiger partial charge on any atom is 0.0709 e. The lowest BCUT2D eigenvalue weighted by atomic mass is 10.1. The predicted molar refractivity (Wildman–Crippen MR) is 54.1 cm³/mol. The highest BCUT2D eigenvalue weighted by Crippen LogP contribution is 2.25. The molecular weight excluding hydrogens is 162 g/mol. The van der Waals surface area contributed by atoms with Gasteiger partial charge in [0.1, 0.15) is 0 Å². The second-order valence-electron chi connectivity index (χ2n) is 3.09. The van der Waals surface area contributed by atoms with Gasteiger partial charge in [0.25, 0.3) is 0 Å². The zero-order valence-corrected chi connectivity index (χ0v) is 7.41. The van der Waals surface area contributed by atoms with Gasteiger partial charge in [0, 0.05) is 5.39 Å². The first kappa shape index (κ1) is 8.08. The monoisotopic (exact) mass is 173 g/mol. The number of aryl methyl sites for hydroxylation is 1.